The number of rotatable bonds is 3. The second-order valence-corrected chi connectivity index (χ2v) is 4.66. The second kappa shape index (κ2) is 5.76. The molecule has 5 nitrogen and oxygen atoms in total. The lowest BCUT2D eigenvalue weighted by atomic mass is 10.3. The Morgan fingerprint density at radius 2 is 1.94 bits per heavy atom. The fourth-order valence-corrected chi connectivity index (χ4v) is 1.64. The van der Waals surface area contributed by atoms with Crippen LogP contribution in [-0.2, 0) is 4.74 Å². The fraction of sp³-hybridized carbons (Fsp3) is 0.0833. The molecule has 0 spiro atoms. The zero-order chi connectivity index (χ0) is 13.0. The van der Waals surface area contributed by atoms with E-state index in [-0.39, 0.29) is 5.69 Å². The molecule has 0 aliphatic rings. The molecule has 0 saturated carbocycles. The summed E-state index contributed by atoms with van der Waals surface area (Å²) in [4.78, 5) is 19.2. The molecule has 18 heavy (non-hydrogen) atoms. The highest BCUT2D eigenvalue weighted by molar-refractivity contribution is 14.1. The van der Waals surface area contributed by atoms with Crippen LogP contribution in [0.2, 0.25) is 0 Å². The molecule has 0 fully saturated rings. The number of methoxy groups -OCH3 is 1. The number of benzene rings is 1. The monoisotopic (exact) mass is 355 g/mol. The summed E-state index contributed by atoms with van der Waals surface area (Å²) in [6.45, 7) is 0. The molecule has 1 N–H and O–H groups in total. The van der Waals surface area contributed by atoms with Crippen molar-refractivity contribution < 1.29 is 9.53 Å². The summed E-state index contributed by atoms with van der Waals surface area (Å²) in [5, 5.41) is 3.09. The minimum Gasteiger partial charge on any atom is -0.464 e. The van der Waals surface area contributed by atoms with Gasteiger partial charge in [-0.15, -0.1) is 0 Å². The molecule has 2 aromatic rings. The van der Waals surface area contributed by atoms with Crippen LogP contribution in [0.5, 0.6) is 0 Å². The normalized spacial score (nSPS) is 9.89. The molecule has 1 heterocycles. The molecule has 1 aromatic carbocycles. The molecule has 0 aliphatic carbocycles. The summed E-state index contributed by atoms with van der Waals surface area (Å²) in [5.74, 6) is 0.0761. The lowest BCUT2D eigenvalue weighted by molar-refractivity contribution is 0.0593. The number of aromatic nitrogens is 2. The first-order valence-corrected chi connectivity index (χ1v) is 6.20. The van der Waals surface area contributed by atoms with Gasteiger partial charge in [-0.25, -0.2) is 14.8 Å². The van der Waals surface area contributed by atoms with Crippen LogP contribution >= 0.6 is 22.6 Å². The number of carbonyl (C=O) groups excluding carboxylic acids is 1. The quantitative estimate of drug-likeness (QED) is 0.677. The summed E-state index contributed by atoms with van der Waals surface area (Å²) in [6, 6.07) is 7.85. The van der Waals surface area contributed by atoms with Crippen molar-refractivity contribution in [2.45, 2.75) is 0 Å². The molecule has 0 unspecified atom stereocenters. The number of carbonyl (C=O) groups is 1. The Morgan fingerprint density at radius 3 is 2.50 bits per heavy atom. The SMILES string of the molecule is COC(=O)c1cnc(Nc2ccc(I)cc2)cn1. The Balaban J connectivity index is 2.10. The van der Waals surface area contributed by atoms with E-state index in [1.54, 1.807) is 0 Å². The smallest absolute Gasteiger partial charge is 0.358 e. The van der Waals surface area contributed by atoms with E-state index in [0.29, 0.717) is 5.82 Å². The Kier molecular flexibility index (Phi) is 4.08. The van der Waals surface area contributed by atoms with Gasteiger partial charge in [0.25, 0.3) is 0 Å². The van der Waals surface area contributed by atoms with Crippen molar-refractivity contribution in [3.8, 4) is 0 Å². The van der Waals surface area contributed by atoms with Gasteiger partial charge in [0.2, 0.25) is 0 Å². The fourth-order valence-electron chi connectivity index (χ4n) is 1.28. The molecule has 0 bridgehead atoms. The summed E-state index contributed by atoms with van der Waals surface area (Å²) in [6.07, 6.45) is 2.87. The van der Waals surface area contributed by atoms with Crippen molar-refractivity contribution >= 4 is 40.1 Å². The number of anilines is 2. The summed E-state index contributed by atoms with van der Waals surface area (Å²) in [5.41, 5.74) is 1.10. The summed E-state index contributed by atoms with van der Waals surface area (Å²) in [7, 11) is 1.31. The maximum Gasteiger partial charge on any atom is 0.358 e. The largest absolute Gasteiger partial charge is 0.464 e. The molecular weight excluding hydrogens is 345 g/mol. The van der Waals surface area contributed by atoms with E-state index in [9.17, 15) is 4.79 Å². The zero-order valence-electron chi connectivity index (χ0n) is 9.55. The standard InChI is InChI=1S/C12H10IN3O2/c1-18-12(17)10-6-15-11(7-14-10)16-9-4-2-8(13)3-5-9/h2-7H,1H3,(H,15,16). The molecule has 0 aliphatic heterocycles. The second-order valence-electron chi connectivity index (χ2n) is 3.41. The van der Waals surface area contributed by atoms with Crippen LogP contribution < -0.4 is 5.32 Å². The molecule has 6 heteroatoms. The van der Waals surface area contributed by atoms with Crippen molar-refractivity contribution in [2.24, 2.45) is 0 Å². The first kappa shape index (κ1) is 12.7. The average Bonchev–Trinajstić information content (AvgIpc) is 2.41. The van der Waals surface area contributed by atoms with Gasteiger partial charge >= 0.3 is 5.97 Å². The van der Waals surface area contributed by atoms with Crippen molar-refractivity contribution in [2.75, 3.05) is 12.4 Å². The Labute approximate surface area is 118 Å². The van der Waals surface area contributed by atoms with Gasteiger partial charge in [0.05, 0.1) is 19.5 Å². The first-order chi connectivity index (χ1) is 8.69. The van der Waals surface area contributed by atoms with Crippen LogP contribution in [0, 0.1) is 3.57 Å². The lowest BCUT2D eigenvalue weighted by Gasteiger charge is -2.05. The maximum atomic E-state index is 11.2. The number of hydrogen-bond acceptors (Lipinski definition) is 5. The Morgan fingerprint density at radius 1 is 1.22 bits per heavy atom. The van der Waals surface area contributed by atoms with Crippen LogP contribution in [-0.4, -0.2) is 23.0 Å². The first-order valence-electron chi connectivity index (χ1n) is 5.12. The van der Waals surface area contributed by atoms with E-state index in [1.165, 1.54) is 19.5 Å². The van der Waals surface area contributed by atoms with Crippen molar-refractivity contribution in [1.82, 2.24) is 9.97 Å². The van der Waals surface area contributed by atoms with Gasteiger partial charge < -0.3 is 10.1 Å². The van der Waals surface area contributed by atoms with Crippen LogP contribution in [0.4, 0.5) is 11.5 Å². The topological polar surface area (TPSA) is 64.1 Å². The van der Waals surface area contributed by atoms with Crippen molar-refractivity contribution in [3.05, 3.63) is 45.9 Å². The molecule has 0 atom stereocenters. The lowest BCUT2D eigenvalue weighted by Crippen LogP contribution is -2.05. The van der Waals surface area contributed by atoms with Gasteiger partial charge in [-0.2, -0.15) is 0 Å². The maximum absolute atomic E-state index is 11.2. The molecular formula is C12H10IN3O2. The summed E-state index contributed by atoms with van der Waals surface area (Å²) < 4.78 is 5.70. The highest BCUT2D eigenvalue weighted by Gasteiger charge is 2.07. The molecule has 1 aromatic heterocycles. The highest BCUT2D eigenvalue weighted by Crippen LogP contribution is 2.15. The van der Waals surface area contributed by atoms with Crippen LogP contribution in [0.3, 0.4) is 0 Å². The van der Waals surface area contributed by atoms with Gasteiger partial charge in [0, 0.05) is 9.26 Å². The van der Waals surface area contributed by atoms with Crippen molar-refractivity contribution in [1.29, 1.82) is 0 Å². The van der Waals surface area contributed by atoms with Gasteiger partial charge in [0.15, 0.2) is 5.69 Å². The van der Waals surface area contributed by atoms with E-state index in [2.05, 4.69) is 42.6 Å². The average molecular weight is 355 g/mol. The molecule has 0 saturated heterocycles. The van der Waals surface area contributed by atoms with Crippen LogP contribution in [0.1, 0.15) is 10.5 Å². The number of nitrogens with zero attached hydrogens (tertiary/aromatic N) is 2. The van der Waals surface area contributed by atoms with E-state index in [1.807, 2.05) is 24.3 Å². The van der Waals surface area contributed by atoms with E-state index in [4.69, 9.17) is 0 Å². The highest BCUT2D eigenvalue weighted by atomic mass is 127. The molecule has 0 amide bonds. The van der Waals surface area contributed by atoms with Crippen LogP contribution in [0.25, 0.3) is 0 Å². The predicted octanol–water partition coefficient (Wildman–Crippen LogP) is 2.61. The van der Waals surface area contributed by atoms with Crippen molar-refractivity contribution in [3.63, 3.8) is 0 Å². The molecule has 92 valence electrons. The van der Waals surface area contributed by atoms with E-state index in [0.717, 1.165) is 9.26 Å². The third-order valence-corrected chi connectivity index (χ3v) is 2.88. The number of hydrogen-bond donors (Lipinski definition) is 1. The van der Waals surface area contributed by atoms with Gasteiger partial charge in [-0.05, 0) is 46.9 Å². The number of halogens is 1. The third-order valence-electron chi connectivity index (χ3n) is 2.16. The number of ether oxygens (including phenoxy) is 1. The van der Waals surface area contributed by atoms with E-state index < -0.39 is 5.97 Å². The van der Waals surface area contributed by atoms with Gasteiger partial charge in [0.1, 0.15) is 5.82 Å². The minimum absolute atomic E-state index is 0.186. The Bertz CT molecular complexity index is 540. The third kappa shape index (κ3) is 3.16. The Hall–Kier alpha value is -1.70. The number of esters is 1. The summed E-state index contributed by atoms with van der Waals surface area (Å²) >= 11 is 2.24. The minimum atomic E-state index is -0.497. The van der Waals surface area contributed by atoms with Crippen LogP contribution in [0.15, 0.2) is 36.7 Å². The molecule has 0 radical (unpaired) electrons. The number of nitrogens with one attached hydrogen (secondary N) is 1. The van der Waals surface area contributed by atoms with E-state index >= 15 is 0 Å². The zero-order valence-corrected chi connectivity index (χ0v) is 11.7. The van der Waals surface area contributed by atoms with Gasteiger partial charge in [-0.3, -0.25) is 0 Å². The van der Waals surface area contributed by atoms with Gasteiger partial charge in [-0.1, -0.05) is 0 Å². The predicted molar refractivity (Wildman–Crippen MR) is 75.8 cm³/mol. The molecule has 2 rings (SSSR count).